The van der Waals surface area contributed by atoms with Gasteiger partial charge in [0.2, 0.25) is 0 Å². The quantitative estimate of drug-likeness (QED) is 0.877. The molecule has 2 fully saturated rings. The summed E-state index contributed by atoms with van der Waals surface area (Å²) in [4.78, 5) is 0. The van der Waals surface area contributed by atoms with Gasteiger partial charge in [0.1, 0.15) is 5.82 Å². The van der Waals surface area contributed by atoms with Crippen molar-refractivity contribution in [1.29, 1.82) is 0 Å². The fourth-order valence-corrected chi connectivity index (χ4v) is 6.48. The molecule has 6 atom stereocenters. The molecule has 0 saturated heterocycles. The van der Waals surface area contributed by atoms with Crippen LogP contribution in [0.1, 0.15) is 62.5 Å². The summed E-state index contributed by atoms with van der Waals surface area (Å²) in [6.07, 6.45) is 6.46. The number of aliphatic hydroxyl groups is 2. The molecule has 132 valence electrons. The third-order valence-electron chi connectivity index (χ3n) is 7.54. The van der Waals surface area contributed by atoms with E-state index in [0.29, 0.717) is 23.7 Å². The van der Waals surface area contributed by atoms with Crippen LogP contribution in [0.5, 0.6) is 0 Å². The zero-order valence-electron chi connectivity index (χ0n) is 14.5. The first-order valence-electron chi connectivity index (χ1n) is 9.62. The largest absolute Gasteiger partial charge is 0.396 e. The van der Waals surface area contributed by atoms with Crippen LogP contribution in [0, 0.1) is 29.0 Å². The molecule has 0 spiro atoms. The van der Waals surface area contributed by atoms with Crippen molar-refractivity contribution >= 4 is 0 Å². The lowest BCUT2D eigenvalue weighted by Gasteiger charge is -2.51. The van der Waals surface area contributed by atoms with Crippen molar-refractivity contribution < 1.29 is 14.6 Å². The Labute approximate surface area is 144 Å². The highest BCUT2D eigenvalue weighted by atomic mass is 19.1. The van der Waals surface area contributed by atoms with Crippen molar-refractivity contribution in [3.63, 3.8) is 0 Å². The number of aliphatic hydroxyl groups excluding tert-OH is 2. The maximum Gasteiger partial charge on any atom is 0.126 e. The normalized spacial score (nSPS) is 40.8. The molecule has 3 aliphatic rings. The average molecular weight is 332 g/mol. The van der Waals surface area contributed by atoms with Crippen molar-refractivity contribution in [3.8, 4) is 0 Å². The zero-order chi connectivity index (χ0) is 16.9. The predicted molar refractivity (Wildman–Crippen MR) is 92.2 cm³/mol. The lowest BCUT2D eigenvalue weighted by Crippen LogP contribution is -2.45. The Morgan fingerprint density at radius 3 is 2.92 bits per heavy atom. The second-order valence-corrected chi connectivity index (χ2v) is 8.56. The molecule has 24 heavy (non-hydrogen) atoms. The molecule has 4 rings (SSSR count). The van der Waals surface area contributed by atoms with Crippen LogP contribution in [0.2, 0.25) is 0 Å². The van der Waals surface area contributed by atoms with Gasteiger partial charge in [-0.25, -0.2) is 4.39 Å². The third-order valence-corrected chi connectivity index (χ3v) is 7.54. The lowest BCUT2D eigenvalue weighted by molar-refractivity contribution is -0.0309. The smallest absolute Gasteiger partial charge is 0.126 e. The van der Waals surface area contributed by atoms with E-state index in [1.54, 1.807) is 6.07 Å². The maximum absolute atomic E-state index is 14.2. The molecule has 0 radical (unpaired) electrons. The summed E-state index contributed by atoms with van der Waals surface area (Å²) in [7, 11) is 0. The Morgan fingerprint density at radius 2 is 2.12 bits per heavy atom. The lowest BCUT2D eigenvalue weighted by atomic mass is 9.53. The minimum atomic E-state index is -0.221. The number of hydrogen-bond acceptors (Lipinski definition) is 2. The first-order chi connectivity index (χ1) is 11.6. The van der Waals surface area contributed by atoms with E-state index in [9.17, 15) is 14.6 Å². The molecule has 0 aliphatic heterocycles. The summed E-state index contributed by atoms with van der Waals surface area (Å²) in [6, 6.07) is 5.58. The monoisotopic (exact) mass is 332 g/mol. The van der Waals surface area contributed by atoms with E-state index in [-0.39, 0.29) is 23.9 Å². The summed E-state index contributed by atoms with van der Waals surface area (Å²) in [5, 5.41) is 20.0. The number of fused-ring (bicyclic) bond motifs is 5. The van der Waals surface area contributed by atoms with Gasteiger partial charge in [0.25, 0.3) is 0 Å². The highest BCUT2D eigenvalue weighted by Gasteiger charge is 2.58. The SMILES string of the molecule is CC12CCC3c4cccc(F)c4CCC3C1C(CCCO)CC2O. The molecule has 2 saturated carbocycles. The van der Waals surface area contributed by atoms with Crippen molar-refractivity contribution in [2.24, 2.45) is 23.2 Å². The first-order valence-corrected chi connectivity index (χ1v) is 9.62. The predicted octanol–water partition coefficient (Wildman–Crippen LogP) is 4.04. The van der Waals surface area contributed by atoms with E-state index in [4.69, 9.17) is 0 Å². The van der Waals surface area contributed by atoms with Crippen LogP contribution in [0.25, 0.3) is 0 Å². The molecule has 0 aromatic heterocycles. The fraction of sp³-hybridized carbons (Fsp3) is 0.714. The minimum Gasteiger partial charge on any atom is -0.396 e. The van der Waals surface area contributed by atoms with Gasteiger partial charge in [-0.3, -0.25) is 0 Å². The van der Waals surface area contributed by atoms with Crippen LogP contribution in [0.4, 0.5) is 4.39 Å². The van der Waals surface area contributed by atoms with Crippen LogP contribution in [0.15, 0.2) is 18.2 Å². The van der Waals surface area contributed by atoms with E-state index < -0.39 is 0 Å². The molecule has 1 aromatic carbocycles. The van der Waals surface area contributed by atoms with Crippen LogP contribution in [-0.4, -0.2) is 22.9 Å². The van der Waals surface area contributed by atoms with Gasteiger partial charge in [0.15, 0.2) is 0 Å². The van der Waals surface area contributed by atoms with Crippen LogP contribution >= 0.6 is 0 Å². The van der Waals surface area contributed by atoms with E-state index in [1.807, 2.05) is 6.07 Å². The molecular weight excluding hydrogens is 303 g/mol. The van der Waals surface area contributed by atoms with Gasteiger partial charge >= 0.3 is 0 Å². The average Bonchev–Trinajstić information content (AvgIpc) is 2.84. The second kappa shape index (κ2) is 6.10. The molecule has 2 nitrogen and oxygen atoms in total. The Hall–Kier alpha value is -0.930. The summed E-state index contributed by atoms with van der Waals surface area (Å²) in [5.41, 5.74) is 2.18. The van der Waals surface area contributed by atoms with Gasteiger partial charge in [-0.15, -0.1) is 0 Å². The number of benzene rings is 1. The van der Waals surface area contributed by atoms with Crippen molar-refractivity contribution in [3.05, 3.63) is 35.1 Å². The molecule has 2 N–H and O–H groups in total. The highest BCUT2D eigenvalue weighted by Crippen LogP contribution is 2.63. The number of hydrogen-bond donors (Lipinski definition) is 2. The number of rotatable bonds is 3. The summed E-state index contributed by atoms with van der Waals surface area (Å²) >= 11 is 0. The van der Waals surface area contributed by atoms with Gasteiger partial charge < -0.3 is 10.2 Å². The van der Waals surface area contributed by atoms with Gasteiger partial charge in [0.05, 0.1) is 6.10 Å². The van der Waals surface area contributed by atoms with Crippen molar-refractivity contribution in [1.82, 2.24) is 0 Å². The van der Waals surface area contributed by atoms with E-state index in [1.165, 1.54) is 5.56 Å². The summed E-state index contributed by atoms with van der Waals surface area (Å²) in [5.74, 6) is 1.97. The van der Waals surface area contributed by atoms with E-state index in [0.717, 1.165) is 50.5 Å². The maximum atomic E-state index is 14.2. The van der Waals surface area contributed by atoms with Crippen LogP contribution in [-0.2, 0) is 6.42 Å². The van der Waals surface area contributed by atoms with Crippen molar-refractivity contribution in [2.45, 2.75) is 63.9 Å². The number of halogens is 1. The Morgan fingerprint density at radius 1 is 1.29 bits per heavy atom. The summed E-state index contributed by atoms with van der Waals surface area (Å²) in [6.45, 7) is 2.51. The van der Waals surface area contributed by atoms with Crippen LogP contribution in [0.3, 0.4) is 0 Å². The van der Waals surface area contributed by atoms with Gasteiger partial charge in [-0.2, -0.15) is 0 Å². The third kappa shape index (κ3) is 2.35. The molecule has 3 aliphatic carbocycles. The Bertz CT molecular complexity index is 616. The molecule has 6 unspecified atom stereocenters. The van der Waals surface area contributed by atoms with Crippen LogP contribution < -0.4 is 0 Å². The minimum absolute atomic E-state index is 0.00607. The highest BCUT2D eigenvalue weighted by molar-refractivity contribution is 5.36. The molecule has 1 aromatic rings. The van der Waals surface area contributed by atoms with Crippen molar-refractivity contribution in [2.75, 3.05) is 6.61 Å². The van der Waals surface area contributed by atoms with E-state index in [2.05, 4.69) is 13.0 Å². The summed E-state index contributed by atoms with van der Waals surface area (Å²) < 4.78 is 14.2. The molecule has 3 heteroatoms. The van der Waals surface area contributed by atoms with Gasteiger partial charge in [-0.1, -0.05) is 19.1 Å². The molecule has 0 heterocycles. The fourth-order valence-electron chi connectivity index (χ4n) is 6.48. The van der Waals surface area contributed by atoms with Gasteiger partial charge in [-0.05, 0) is 91.2 Å². The Kier molecular flexibility index (Phi) is 4.20. The Balaban J connectivity index is 1.68. The second-order valence-electron chi connectivity index (χ2n) is 8.56. The first kappa shape index (κ1) is 16.5. The molecular formula is C21H29FO2. The molecule has 0 bridgehead atoms. The standard InChI is InChI=1S/C21H29FO2/c1-21-10-9-15-14-5-2-6-18(22)16(14)7-8-17(15)20(21)13(4-3-11-23)12-19(21)24/h2,5-6,13,15,17,19-20,23-24H,3-4,7-12H2,1H3. The van der Waals surface area contributed by atoms with E-state index >= 15 is 0 Å². The molecule has 0 amide bonds. The van der Waals surface area contributed by atoms with Gasteiger partial charge in [0, 0.05) is 6.61 Å². The topological polar surface area (TPSA) is 40.5 Å². The zero-order valence-corrected chi connectivity index (χ0v) is 14.5.